The third-order valence-electron chi connectivity index (χ3n) is 2.89. The van der Waals surface area contributed by atoms with Gasteiger partial charge in [0.2, 0.25) is 0 Å². The van der Waals surface area contributed by atoms with E-state index < -0.39 is 0 Å². The van der Waals surface area contributed by atoms with E-state index in [1.807, 2.05) is 13.0 Å². The predicted molar refractivity (Wildman–Crippen MR) is 58.6 cm³/mol. The van der Waals surface area contributed by atoms with Crippen molar-refractivity contribution in [3.05, 3.63) is 18.1 Å². The lowest BCUT2D eigenvalue weighted by Crippen LogP contribution is -2.13. The summed E-state index contributed by atoms with van der Waals surface area (Å²) >= 11 is 0. The lowest BCUT2D eigenvalue weighted by atomic mass is 10.1. The lowest BCUT2D eigenvalue weighted by molar-refractivity contribution is 0.178. The van der Waals surface area contributed by atoms with E-state index in [0.29, 0.717) is 5.92 Å². The van der Waals surface area contributed by atoms with Gasteiger partial charge in [-0.05, 0) is 32.1 Å². The highest BCUT2D eigenvalue weighted by atomic mass is 16.3. The Kier molecular flexibility index (Phi) is 3.16. The number of nitrogens with one attached hydrogen (secondary N) is 1. The third-order valence-corrected chi connectivity index (χ3v) is 2.89. The van der Waals surface area contributed by atoms with Gasteiger partial charge in [0.05, 0.1) is 6.10 Å². The molecular formula is C11H17N3O. The molecule has 1 aromatic rings. The van der Waals surface area contributed by atoms with Crippen molar-refractivity contribution < 1.29 is 5.11 Å². The van der Waals surface area contributed by atoms with Crippen LogP contribution in [0.5, 0.6) is 0 Å². The quantitative estimate of drug-likeness (QED) is 0.785. The van der Waals surface area contributed by atoms with Crippen LogP contribution < -0.4 is 5.32 Å². The number of hydrogen-bond acceptors (Lipinski definition) is 4. The first-order chi connectivity index (χ1) is 7.24. The van der Waals surface area contributed by atoms with Gasteiger partial charge in [-0.15, -0.1) is 0 Å². The first kappa shape index (κ1) is 10.4. The van der Waals surface area contributed by atoms with E-state index in [9.17, 15) is 5.11 Å². The molecule has 1 aromatic heterocycles. The fraction of sp³-hybridized carbons (Fsp3) is 0.636. The minimum atomic E-state index is -0.0936. The highest BCUT2D eigenvalue weighted by Gasteiger charge is 2.22. The Bertz CT molecular complexity index is 329. The summed E-state index contributed by atoms with van der Waals surface area (Å²) in [6.45, 7) is 2.85. The summed E-state index contributed by atoms with van der Waals surface area (Å²) in [7, 11) is 0. The number of anilines is 1. The number of hydrogen-bond donors (Lipinski definition) is 2. The first-order valence-corrected chi connectivity index (χ1v) is 5.44. The van der Waals surface area contributed by atoms with Crippen LogP contribution in [0.4, 0.5) is 5.82 Å². The van der Waals surface area contributed by atoms with E-state index in [0.717, 1.165) is 37.3 Å². The molecule has 0 radical (unpaired) electrons. The smallest absolute Gasteiger partial charge is 0.129 e. The van der Waals surface area contributed by atoms with E-state index in [2.05, 4.69) is 15.3 Å². The maximum Gasteiger partial charge on any atom is 0.129 e. The maximum atomic E-state index is 9.39. The number of aliphatic hydroxyl groups excluding tert-OH is 1. The number of aryl methyl sites for hydroxylation is 1. The molecule has 1 heterocycles. The van der Waals surface area contributed by atoms with Crippen LogP contribution in [0.25, 0.3) is 0 Å². The Labute approximate surface area is 89.8 Å². The second-order valence-electron chi connectivity index (χ2n) is 4.26. The number of nitrogens with zero attached hydrogens (tertiary/aromatic N) is 2. The minimum Gasteiger partial charge on any atom is -0.393 e. The van der Waals surface area contributed by atoms with Gasteiger partial charge in [-0.1, -0.05) is 0 Å². The molecule has 1 saturated carbocycles. The van der Waals surface area contributed by atoms with Gasteiger partial charge < -0.3 is 10.4 Å². The molecule has 2 rings (SSSR count). The number of rotatable bonds is 3. The van der Waals surface area contributed by atoms with Gasteiger partial charge in [0.15, 0.2) is 0 Å². The number of aliphatic hydroxyl groups is 1. The first-order valence-electron chi connectivity index (χ1n) is 5.44. The normalized spacial score (nSPS) is 25.5. The average molecular weight is 207 g/mol. The highest BCUT2D eigenvalue weighted by molar-refractivity contribution is 5.34. The maximum absolute atomic E-state index is 9.39. The third kappa shape index (κ3) is 2.89. The zero-order valence-electron chi connectivity index (χ0n) is 8.98. The van der Waals surface area contributed by atoms with Gasteiger partial charge >= 0.3 is 0 Å². The second-order valence-corrected chi connectivity index (χ2v) is 4.26. The van der Waals surface area contributed by atoms with Crippen molar-refractivity contribution in [3.8, 4) is 0 Å². The van der Waals surface area contributed by atoms with Gasteiger partial charge in [0, 0.05) is 18.3 Å². The van der Waals surface area contributed by atoms with E-state index in [1.54, 1.807) is 6.33 Å². The molecule has 0 amide bonds. The van der Waals surface area contributed by atoms with Crippen LogP contribution in [0, 0.1) is 12.8 Å². The van der Waals surface area contributed by atoms with Crippen LogP contribution >= 0.6 is 0 Å². The van der Waals surface area contributed by atoms with Gasteiger partial charge in [0.1, 0.15) is 12.1 Å². The molecule has 0 bridgehead atoms. The Balaban J connectivity index is 1.83. The molecule has 4 heteroatoms. The summed E-state index contributed by atoms with van der Waals surface area (Å²) in [5, 5.41) is 12.7. The SMILES string of the molecule is Cc1cc(NCC2CCC(O)C2)ncn1. The molecule has 0 saturated heterocycles. The standard InChI is InChI=1S/C11H17N3O/c1-8-4-11(14-7-13-8)12-6-9-2-3-10(15)5-9/h4,7,9-10,15H,2-3,5-6H2,1H3,(H,12,13,14). The molecule has 1 aliphatic rings. The zero-order chi connectivity index (χ0) is 10.7. The van der Waals surface area contributed by atoms with Crippen molar-refractivity contribution in [3.63, 3.8) is 0 Å². The van der Waals surface area contributed by atoms with Gasteiger partial charge in [-0.25, -0.2) is 9.97 Å². The van der Waals surface area contributed by atoms with E-state index in [4.69, 9.17) is 0 Å². The Morgan fingerprint density at radius 1 is 1.47 bits per heavy atom. The van der Waals surface area contributed by atoms with Crippen molar-refractivity contribution in [2.45, 2.75) is 32.3 Å². The van der Waals surface area contributed by atoms with Crippen LogP contribution in [0.2, 0.25) is 0 Å². The summed E-state index contributed by atoms with van der Waals surface area (Å²) in [5.74, 6) is 1.46. The van der Waals surface area contributed by atoms with Crippen molar-refractivity contribution in [2.24, 2.45) is 5.92 Å². The molecule has 0 aromatic carbocycles. The minimum absolute atomic E-state index is 0.0936. The fourth-order valence-corrected chi connectivity index (χ4v) is 2.03. The molecular weight excluding hydrogens is 190 g/mol. The average Bonchev–Trinajstić information content (AvgIpc) is 2.62. The van der Waals surface area contributed by atoms with Crippen LogP contribution in [0.3, 0.4) is 0 Å². The largest absolute Gasteiger partial charge is 0.393 e. The number of aromatic nitrogens is 2. The second kappa shape index (κ2) is 4.57. The molecule has 15 heavy (non-hydrogen) atoms. The molecule has 0 spiro atoms. The Morgan fingerprint density at radius 3 is 3.00 bits per heavy atom. The molecule has 2 atom stereocenters. The zero-order valence-corrected chi connectivity index (χ0v) is 8.98. The van der Waals surface area contributed by atoms with Crippen LogP contribution in [0.1, 0.15) is 25.0 Å². The van der Waals surface area contributed by atoms with E-state index >= 15 is 0 Å². The monoisotopic (exact) mass is 207 g/mol. The highest BCUT2D eigenvalue weighted by Crippen LogP contribution is 2.25. The van der Waals surface area contributed by atoms with Crippen LogP contribution in [0.15, 0.2) is 12.4 Å². The summed E-state index contributed by atoms with van der Waals surface area (Å²) in [6.07, 6.45) is 4.44. The van der Waals surface area contributed by atoms with Crippen molar-refractivity contribution >= 4 is 5.82 Å². The Morgan fingerprint density at radius 2 is 2.33 bits per heavy atom. The topological polar surface area (TPSA) is 58.0 Å². The summed E-state index contributed by atoms with van der Waals surface area (Å²) in [4.78, 5) is 8.18. The van der Waals surface area contributed by atoms with Gasteiger partial charge in [0.25, 0.3) is 0 Å². The predicted octanol–water partition coefficient (Wildman–Crippen LogP) is 1.36. The summed E-state index contributed by atoms with van der Waals surface area (Å²) in [5.41, 5.74) is 0.971. The summed E-state index contributed by atoms with van der Waals surface area (Å²) < 4.78 is 0. The fourth-order valence-electron chi connectivity index (χ4n) is 2.03. The van der Waals surface area contributed by atoms with Crippen molar-refractivity contribution in [2.75, 3.05) is 11.9 Å². The summed E-state index contributed by atoms with van der Waals surface area (Å²) in [6, 6.07) is 1.94. The van der Waals surface area contributed by atoms with Crippen molar-refractivity contribution in [1.82, 2.24) is 9.97 Å². The van der Waals surface area contributed by atoms with Gasteiger partial charge in [-0.3, -0.25) is 0 Å². The lowest BCUT2D eigenvalue weighted by Gasteiger charge is -2.11. The molecule has 82 valence electrons. The molecule has 4 nitrogen and oxygen atoms in total. The van der Waals surface area contributed by atoms with Crippen molar-refractivity contribution in [1.29, 1.82) is 0 Å². The molecule has 1 fully saturated rings. The molecule has 0 aliphatic heterocycles. The molecule has 2 unspecified atom stereocenters. The van der Waals surface area contributed by atoms with E-state index in [-0.39, 0.29) is 6.10 Å². The van der Waals surface area contributed by atoms with Crippen LogP contribution in [-0.2, 0) is 0 Å². The molecule has 1 aliphatic carbocycles. The van der Waals surface area contributed by atoms with E-state index in [1.165, 1.54) is 0 Å². The van der Waals surface area contributed by atoms with Crippen LogP contribution in [-0.4, -0.2) is 27.7 Å². The molecule has 2 N–H and O–H groups in total. The van der Waals surface area contributed by atoms with Gasteiger partial charge in [-0.2, -0.15) is 0 Å². The Hall–Kier alpha value is -1.16.